The molecule has 194 valence electrons. The highest BCUT2D eigenvalue weighted by atomic mass is 31.0. The monoisotopic (exact) mass is 500 g/mol. The fourth-order valence-corrected chi connectivity index (χ4v) is 4.60. The van der Waals surface area contributed by atoms with E-state index in [4.69, 9.17) is 9.30 Å². The predicted molar refractivity (Wildman–Crippen MR) is 149 cm³/mol. The first-order valence-electron chi connectivity index (χ1n) is 13.1. The number of rotatable bonds is 15. The van der Waals surface area contributed by atoms with Crippen LogP contribution in [0.5, 0.6) is 0 Å². The fraction of sp³-hybridized carbons (Fsp3) is 0.533. The summed E-state index contributed by atoms with van der Waals surface area (Å²) in [5, 5.41) is 0. The van der Waals surface area contributed by atoms with Crippen LogP contribution in [0.25, 0.3) is 0 Å². The van der Waals surface area contributed by atoms with Crippen LogP contribution in [0.4, 0.5) is 0 Å². The largest absolute Gasteiger partial charge is 0.465 e. The first kappa shape index (κ1) is 30.8. The maximum atomic E-state index is 13.5. The van der Waals surface area contributed by atoms with E-state index in [9.17, 15) is 9.59 Å². The van der Waals surface area contributed by atoms with Crippen LogP contribution in [0.1, 0.15) is 110 Å². The van der Waals surface area contributed by atoms with E-state index in [1.165, 1.54) is 51.4 Å². The molecule has 0 aromatic heterocycles. The minimum absolute atomic E-state index is 0.177. The van der Waals surface area contributed by atoms with E-state index < -0.39 is 11.9 Å². The summed E-state index contributed by atoms with van der Waals surface area (Å²) in [5.41, 5.74) is 4.24. The fourth-order valence-electron chi connectivity index (χ4n) is 4.60. The molecule has 5 heteroatoms. The molecule has 0 amide bonds. The average Bonchev–Trinajstić information content (AvgIpc) is 2.84. The van der Waals surface area contributed by atoms with Crippen LogP contribution in [0.2, 0.25) is 0 Å². The van der Waals surface area contributed by atoms with Crippen LogP contribution in [-0.4, -0.2) is 18.4 Å². The van der Waals surface area contributed by atoms with Gasteiger partial charge in [0.25, 0.3) is 0 Å². The Morgan fingerprint density at radius 1 is 0.771 bits per heavy atom. The van der Waals surface area contributed by atoms with Gasteiger partial charge in [0.15, 0.2) is 5.78 Å². The van der Waals surface area contributed by atoms with Gasteiger partial charge in [0.2, 0.25) is 0 Å². The van der Waals surface area contributed by atoms with Gasteiger partial charge in [-0.15, -0.1) is 0 Å². The lowest BCUT2D eigenvalue weighted by Crippen LogP contribution is -2.26. The third kappa shape index (κ3) is 10.9. The average molecular weight is 501 g/mol. The molecule has 0 fully saturated rings. The van der Waals surface area contributed by atoms with E-state index in [1.54, 1.807) is 0 Å². The minimum atomic E-state index is -0.922. The molecule has 35 heavy (non-hydrogen) atoms. The number of hydrogen-bond donors (Lipinski definition) is 0. The van der Waals surface area contributed by atoms with Gasteiger partial charge in [-0.1, -0.05) is 113 Å². The number of carbonyl (C=O) groups is 2. The lowest BCUT2D eigenvalue weighted by Gasteiger charge is -2.18. The number of ketones is 1. The molecule has 2 unspecified atom stereocenters. The topological polar surface area (TPSA) is 60.4 Å². The summed E-state index contributed by atoms with van der Waals surface area (Å²) < 4.78 is 13.9. The standard InChI is InChI=1S/C30H42O3.H3OP/c1-5-6-7-8-9-10-11-12-13-17-20-33-30(32)28(26-18-15-14-16-19-26)29(31)27-24(3)21-23(2)22-25(27)4;1-2/h14-16,18-19,21-22,28H,5-13,17,20H2,1-4H3;2H3. The van der Waals surface area contributed by atoms with Crippen molar-refractivity contribution in [2.75, 3.05) is 6.61 Å². The van der Waals surface area contributed by atoms with E-state index >= 15 is 0 Å². The van der Waals surface area contributed by atoms with Crippen LogP contribution in [-0.2, 0) is 14.1 Å². The number of esters is 1. The molecule has 2 aromatic rings. The van der Waals surface area contributed by atoms with Gasteiger partial charge in [-0.25, -0.2) is 0 Å². The molecular formula is C30H45O4P. The molecule has 0 bridgehead atoms. The predicted octanol–water partition coefficient (Wildman–Crippen LogP) is 7.98. The number of hydrogen-bond acceptors (Lipinski definition) is 4. The number of Topliss-reactive ketones (excluding diaryl/α,β-unsaturated/α-hetero) is 1. The van der Waals surface area contributed by atoms with Crippen molar-refractivity contribution in [3.63, 3.8) is 0 Å². The maximum Gasteiger partial charge on any atom is 0.321 e. The Bertz CT molecular complexity index is 871. The highest BCUT2D eigenvalue weighted by molar-refractivity contribution is 7.00. The molecule has 0 spiro atoms. The van der Waals surface area contributed by atoms with Crippen molar-refractivity contribution in [2.24, 2.45) is 0 Å². The Balaban J connectivity index is 0.00000298. The van der Waals surface area contributed by atoms with Crippen LogP contribution in [0, 0.1) is 20.8 Å². The van der Waals surface area contributed by atoms with E-state index in [2.05, 4.69) is 6.92 Å². The second-order valence-electron chi connectivity index (χ2n) is 9.33. The minimum Gasteiger partial charge on any atom is -0.465 e. The van der Waals surface area contributed by atoms with Crippen LogP contribution < -0.4 is 0 Å². The summed E-state index contributed by atoms with van der Waals surface area (Å²) in [7, 11) is 0.611. The number of aryl methyl sites for hydroxylation is 3. The molecule has 0 N–H and O–H groups in total. The highest BCUT2D eigenvalue weighted by Crippen LogP contribution is 2.27. The van der Waals surface area contributed by atoms with Gasteiger partial charge in [0, 0.05) is 5.56 Å². The zero-order valence-corrected chi connectivity index (χ0v) is 23.7. The first-order chi connectivity index (χ1) is 17.0. The molecule has 4 nitrogen and oxygen atoms in total. The van der Waals surface area contributed by atoms with E-state index in [1.807, 2.05) is 63.2 Å². The van der Waals surface area contributed by atoms with E-state index in [0.717, 1.165) is 29.5 Å². The molecule has 0 saturated heterocycles. The normalized spacial score (nSPS) is 11.4. The summed E-state index contributed by atoms with van der Waals surface area (Å²) in [4.78, 5) is 26.6. The number of ether oxygens (including phenoxy) is 1. The number of carbonyl (C=O) groups excluding carboxylic acids is 2. The molecule has 2 rings (SSSR count). The number of unbranched alkanes of at least 4 members (excludes halogenated alkanes) is 9. The molecule has 0 aliphatic rings. The van der Waals surface area contributed by atoms with Gasteiger partial charge in [-0.05, 0) is 43.9 Å². The molecule has 0 radical (unpaired) electrons. The second kappa shape index (κ2) is 18.1. The summed E-state index contributed by atoms with van der Waals surface area (Å²) in [6, 6.07) is 13.3. The van der Waals surface area contributed by atoms with Crippen molar-refractivity contribution in [1.29, 1.82) is 0 Å². The zero-order valence-electron chi connectivity index (χ0n) is 22.2. The van der Waals surface area contributed by atoms with Crippen molar-refractivity contribution in [2.45, 2.75) is 97.8 Å². The lowest BCUT2D eigenvalue weighted by atomic mass is 9.86. The van der Waals surface area contributed by atoms with E-state index in [0.29, 0.717) is 26.9 Å². The van der Waals surface area contributed by atoms with Crippen LogP contribution >= 0.6 is 9.12 Å². The number of benzene rings is 2. The molecule has 0 saturated carbocycles. The third-order valence-corrected chi connectivity index (χ3v) is 6.30. The van der Waals surface area contributed by atoms with Gasteiger partial charge in [0.1, 0.15) is 5.92 Å². The lowest BCUT2D eigenvalue weighted by molar-refractivity contribution is -0.144. The quantitative estimate of drug-likeness (QED) is 0.0817. The highest BCUT2D eigenvalue weighted by Gasteiger charge is 2.32. The molecular weight excluding hydrogens is 455 g/mol. The van der Waals surface area contributed by atoms with Crippen molar-refractivity contribution in [3.05, 3.63) is 70.3 Å². The zero-order chi connectivity index (χ0) is 26.1. The molecule has 0 heterocycles. The Hall–Kier alpha value is -2.19. The molecule has 2 atom stereocenters. The van der Waals surface area contributed by atoms with Crippen molar-refractivity contribution < 1.29 is 18.9 Å². The van der Waals surface area contributed by atoms with Gasteiger partial charge >= 0.3 is 5.97 Å². The van der Waals surface area contributed by atoms with Crippen LogP contribution in [0.15, 0.2) is 42.5 Å². The van der Waals surface area contributed by atoms with E-state index in [-0.39, 0.29) is 5.78 Å². The smallest absolute Gasteiger partial charge is 0.321 e. The second-order valence-corrected chi connectivity index (χ2v) is 9.33. The molecule has 0 aliphatic heterocycles. The summed E-state index contributed by atoms with van der Waals surface area (Å²) in [5.74, 6) is -1.54. The Morgan fingerprint density at radius 3 is 1.77 bits per heavy atom. The Labute approximate surface area is 214 Å². The Kier molecular flexibility index (Phi) is 16.0. The summed E-state index contributed by atoms with van der Waals surface area (Å²) >= 11 is 0. The van der Waals surface area contributed by atoms with Crippen molar-refractivity contribution in [3.8, 4) is 0 Å². The van der Waals surface area contributed by atoms with Crippen LogP contribution in [0.3, 0.4) is 0 Å². The third-order valence-electron chi connectivity index (χ3n) is 6.30. The summed E-state index contributed by atoms with van der Waals surface area (Å²) in [6.45, 7) is 8.51. The maximum absolute atomic E-state index is 13.5. The van der Waals surface area contributed by atoms with Gasteiger partial charge in [-0.3, -0.25) is 9.59 Å². The summed E-state index contributed by atoms with van der Waals surface area (Å²) in [6.07, 6.45) is 12.3. The Morgan fingerprint density at radius 2 is 1.26 bits per heavy atom. The van der Waals surface area contributed by atoms with Gasteiger partial charge < -0.3 is 9.30 Å². The molecule has 2 aromatic carbocycles. The SMILES string of the molecule is CCCCCCCCCCCCOC(=O)C(C(=O)c1c(C)cc(C)cc1C)c1ccccc1.O=[PH3]. The molecule has 0 aliphatic carbocycles. The first-order valence-corrected chi connectivity index (χ1v) is 13.7. The van der Waals surface area contributed by atoms with Gasteiger partial charge in [0.05, 0.1) is 15.7 Å². The van der Waals surface area contributed by atoms with Gasteiger partial charge in [-0.2, -0.15) is 0 Å². The van der Waals surface area contributed by atoms with Crippen molar-refractivity contribution in [1.82, 2.24) is 0 Å². The van der Waals surface area contributed by atoms with Crippen molar-refractivity contribution >= 4 is 20.9 Å².